The summed E-state index contributed by atoms with van der Waals surface area (Å²) in [7, 11) is 0. The largest absolute Gasteiger partial charge is 0.394 e. The van der Waals surface area contributed by atoms with Crippen molar-refractivity contribution in [1.82, 2.24) is 0 Å². The summed E-state index contributed by atoms with van der Waals surface area (Å²) in [5.74, 6) is 0.297. The molecule has 18 heavy (non-hydrogen) atoms. The summed E-state index contributed by atoms with van der Waals surface area (Å²) in [5, 5.41) is 27.6. The number of hydrogen-bond acceptors (Lipinski definition) is 3. The maximum Gasteiger partial charge on any atom is 0.0811 e. The number of hydrogen-bond donors (Lipinski definition) is 2. The summed E-state index contributed by atoms with van der Waals surface area (Å²) in [6.45, 7) is 1.81. The van der Waals surface area contributed by atoms with Crippen LogP contribution in [0.1, 0.15) is 41.0 Å². The van der Waals surface area contributed by atoms with E-state index in [1.807, 2.05) is 6.92 Å². The first-order chi connectivity index (χ1) is 8.67. The molecule has 0 saturated carbocycles. The van der Waals surface area contributed by atoms with Gasteiger partial charge in [-0.3, -0.25) is 0 Å². The van der Waals surface area contributed by atoms with Crippen LogP contribution in [-0.2, 0) is 12.8 Å². The lowest BCUT2D eigenvalue weighted by atomic mass is 9.88. The Hall–Kier alpha value is -1.37. The second-order valence-electron chi connectivity index (χ2n) is 5.07. The van der Waals surface area contributed by atoms with Crippen LogP contribution in [0.4, 0.5) is 0 Å². The molecule has 0 aromatic heterocycles. The van der Waals surface area contributed by atoms with Gasteiger partial charge in [0.15, 0.2) is 0 Å². The Bertz CT molecular complexity index is 476. The van der Waals surface area contributed by atoms with Crippen LogP contribution in [0.2, 0.25) is 0 Å². The van der Waals surface area contributed by atoms with Crippen molar-refractivity contribution in [2.45, 2.75) is 44.6 Å². The number of aliphatic hydroxyl groups is 2. The third-order valence-corrected chi connectivity index (χ3v) is 3.84. The van der Waals surface area contributed by atoms with Gasteiger partial charge in [-0.15, -0.1) is 0 Å². The van der Waals surface area contributed by atoms with Gasteiger partial charge in [0, 0.05) is 12.8 Å². The fourth-order valence-electron chi connectivity index (χ4n) is 2.91. The van der Waals surface area contributed by atoms with Gasteiger partial charge >= 0.3 is 0 Å². The summed E-state index contributed by atoms with van der Waals surface area (Å²) >= 11 is 0. The van der Waals surface area contributed by atoms with Gasteiger partial charge in [-0.1, -0.05) is 12.1 Å². The third kappa shape index (κ3) is 2.40. The average molecular weight is 245 g/mol. The first kappa shape index (κ1) is 13.1. The summed E-state index contributed by atoms with van der Waals surface area (Å²) in [5.41, 5.74) is 4.84. The van der Waals surface area contributed by atoms with Crippen molar-refractivity contribution < 1.29 is 10.2 Å². The molecule has 3 nitrogen and oxygen atoms in total. The van der Waals surface area contributed by atoms with Crippen molar-refractivity contribution in [1.29, 1.82) is 5.26 Å². The average Bonchev–Trinajstić information content (AvgIpc) is 2.76. The molecule has 2 rings (SSSR count). The monoisotopic (exact) mass is 245 g/mol. The first-order valence-corrected chi connectivity index (χ1v) is 6.44. The molecule has 96 valence electrons. The van der Waals surface area contributed by atoms with Crippen molar-refractivity contribution in [2.75, 3.05) is 6.61 Å². The molecule has 2 unspecified atom stereocenters. The topological polar surface area (TPSA) is 64.2 Å². The van der Waals surface area contributed by atoms with E-state index >= 15 is 0 Å². The van der Waals surface area contributed by atoms with Crippen molar-refractivity contribution in [2.24, 2.45) is 0 Å². The highest BCUT2D eigenvalue weighted by molar-refractivity contribution is 5.46. The summed E-state index contributed by atoms with van der Waals surface area (Å²) in [6.07, 6.45) is 2.35. The zero-order chi connectivity index (χ0) is 13.1. The number of rotatable bonds is 4. The van der Waals surface area contributed by atoms with E-state index in [0.29, 0.717) is 18.8 Å². The highest BCUT2D eigenvalue weighted by Gasteiger charge is 2.26. The van der Waals surface area contributed by atoms with Gasteiger partial charge in [0.25, 0.3) is 0 Å². The standard InChI is InChI=1S/C15H19NO2/c1-10-2-3-11-4-5-12(6-7-16)15(11)14(10)8-13(18)9-17/h2-3,12-13,17-18H,4-6,8-9H2,1H3. The normalized spacial score (nSPS) is 19.3. The van der Waals surface area contributed by atoms with E-state index in [1.54, 1.807) is 0 Å². The van der Waals surface area contributed by atoms with Crippen LogP contribution in [-0.4, -0.2) is 22.9 Å². The summed E-state index contributed by atoms with van der Waals surface area (Å²) in [4.78, 5) is 0. The van der Waals surface area contributed by atoms with Gasteiger partial charge in [0.2, 0.25) is 0 Å². The zero-order valence-corrected chi connectivity index (χ0v) is 10.7. The van der Waals surface area contributed by atoms with Gasteiger partial charge in [0.1, 0.15) is 0 Å². The predicted octanol–water partition coefficient (Wildman–Crippen LogP) is 1.83. The van der Waals surface area contributed by atoms with Crippen LogP contribution in [0, 0.1) is 18.3 Å². The minimum absolute atomic E-state index is 0.216. The molecule has 0 amide bonds. The molecule has 1 aliphatic carbocycles. The lowest BCUT2D eigenvalue weighted by Crippen LogP contribution is -2.17. The molecule has 0 aliphatic heterocycles. The number of aryl methyl sites for hydroxylation is 2. The summed E-state index contributed by atoms with van der Waals surface area (Å²) in [6, 6.07) is 6.46. The van der Waals surface area contributed by atoms with E-state index in [9.17, 15) is 5.11 Å². The van der Waals surface area contributed by atoms with Crippen LogP contribution in [0.25, 0.3) is 0 Å². The van der Waals surface area contributed by atoms with Crippen LogP contribution in [0.5, 0.6) is 0 Å². The second kappa shape index (κ2) is 5.51. The first-order valence-electron chi connectivity index (χ1n) is 6.44. The Morgan fingerprint density at radius 2 is 2.28 bits per heavy atom. The minimum Gasteiger partial charge on any atom is -0.394 e. The van der Waals surface area contributed by atoms with Gasteiger partial charge in [-0.05, 0) is 47.9 Å². The van der Waals surface area contributed by atoms with Crippen LogP contribution < -0.4 is 0 Å². The maximum atomic E-state index is 9.67. The fraction of sp³-hybridized carbons (Fsp3) is 0.533. The van der Waals surface area contributed by atoms with Gasteiger partial charge in [0.05, 0.1) is 18.8 Å². The Balaban J connectivity index is 2.39. The molecule has 0 radical (unpaired) electrons. The lowest BCUT2D eigenvalue weighted by Gasteiger charge is -2.18. The molecule has 0 fully saturated rings. The molecule has 1 aromatic rings. The molecule has 2 atom stereocenters. The SMILES string of the molecule is Cc1ccc2c(c1CC(O)CO)C(CC#N)CC2. The molecule has 2 N–H and O–H groups in total. The third-order valence-electron chi connectivity index (χ3n) is 3.84. The van der Waals surface area contributed by atoms with Crippen molar-refractivity contribution in [3.63, 3.8) is 0 Å². The quantitative estimate of drug-likeness (QED) is 0.850. The molecule has 0 saturated heterocycles. The van der Waals surface area contributed by atoms with Crippen LogP contribution >= 0.6 is 0 Å². The van der Waals surface area contributed by atoms with Crippen LogP contribution in [0.15, 0.2) is 12.1 Å². The lowest BCUT2D eigenvalue weighted by molar-refractivity contribution is 0.0952. The van der Waals surface area contributed by atoms with E-state index in [2.05, 4.69) is 18.2 Å². The van der Waals surface area contributed by atoms with Crippen molar-refractivity contribution >= 4 is 0 Å². The fourth-order valence-corrected chi connectivity index (χ4v) is 2.91. The highest BCUT2D eigenvalue weighted by atomic mass is 16.3. The zero-order valence-electron chi connectivity index (χ0n) is 10.7. The molecule has 1 aromatic carbocycles. The minimum atomic E-state index is -0.710. The summed E-state index contributed by atoms with van der Waals surface area (Å²) < 4.78 is 0. The Kier molecular flexibility index (Phi) is 4.00. The molecule has 3 heteroatoms. The number of nitrogens with zero attached hydrogens (tertiary/aromatic N) is 1. The van der Waals surface area contributed by atoms with Crippen molar-refractivity contribution in [3.8, 4) is 6.07 Å². The molecule has 0 bridgehead atoms. The highest BCUT2D eigenvalue weighted by Crippen LogP contribution is 2.39. The number of aliphatic hydroxyl groups excluding tert-OH is 2. The van der Waals surface area contributed by atoms with Crippen molar-refractivity contribution in [3.05, 3.63) is 34.4 Å². The number of nitriles is 1. The Morgan fingerprint density at radius 3 is 2.94 bits per heavy atom. The number of fused-ring (bicyclic) bond motifs is 1. The van der Waals surface area contributed by atoms with E-state index in [1.165, 1.54) is 11.1 Å². The van der Waals surface area contributed by atoms with Crippen LogP contribution in [0.3, 0.4) is 0 Å². The molecule has 0 heterocycles. The predicted molar refractivity (Wildman–Crippen MR) is 69.3 cm³/mol. The Labute approximate surface area is 108 Å². The molecule has 0 spiro atoms. The molecule has 1 aliphatic rings. The Morgan fingerprint density at radius 1 is 1.50 bits per heavy atom. The second-order valence-corrected chi connectivity index (χ2v) is 5.07. The number of benzene rings is 1. The van der Waals surface area contributed by atoms with Gasteiger partial charge in [-0.25, -0.2) is 0 Å². The van der Waals surface area contributed by atoms with E-state index in [4.69, 9.17) is 10.4 Å². The van der Waals surface area contributed by atoms with Gasteiger partial charge < -0.3 is 10.2 Å². The van der Waals surface area contributed by atoms with Gasteiger partial charge in [-0.2, -0.15) is 5.26 Å². The van der Waals surface area contributed by atoms with E-state index < -0.39 is 6.10 Å². The maximum absolute atomic E-state index is 9.67. The molecular weight excluding hydrogens is 226 g/mol. The smallest absolute Gasteiger partial charge is 0.0811 e. The van der Waals surface area contributed by atoms with E-state index in [0.717, 1.165) is 24.0 Å². The van der Waals surface area contributed by atoms with E-state index in [-0.39, 0.29) is 6.61 Å². The molecular formula is C15H19NO2.